The summed E-state index contributed by atoms with van der Waals surface area (Å²) in [4.78, 5) is 16.1. The van der Waals surface area contributed by atoms with Crippen LogP contribution in [0.1, 0.15) is 39.7 Å². The predicted molar refractivity (Wildman–Crippen MR) is 150 cm³/mol. The Morgan fingerprint density at radius 1 is 1.12 bits per heavy atom. The molecule has 10 nitrogen and oxygen atoms in total. The third-order valence-corrected chi connectivity index (χ3v) is 7.69. The Bertz CT molecular complexity index is 1470. The van der Waals surface area contributed by atoms with Crippen molar-refractivity contribution in [1.82, 2.24) is 4.98 Å². The lowest BCUT2D eigenvalue weighted by molar-refractivity contribution is -0.140. The number of anilines is 1. The average Bonchev–Trinajstić information content (AvgIpc) is 3.47. The summed E-state index contributed by atoms with van der Waals surface area (Å²) in [6, 6.07) is 8.12. The predicted octanol–water partition coefficient (Wildman–Crippen LogP) is 5.34. The van der Waals surface area contributed by atoms with Crippen LogP contribution >= 0.6 is 0 Å². The number of ether oxygens (including phenoxy) is 6. The molecule has 4 N–H and O–H groups in total. The molecule has 1 saturated heterocycles. The van der Waals surface area contributed by atoms with E-state index in [1.807, 2.05) is 0 Å². The summed E-state index contributed by atoms with van der Waals surface area (Å²) in [5.74, 6) is -0.315. The quantitative estimate of drug-likeness (QED) is 0.327. The van der Waals surface area contributed by atoms with Crippen LogP contribution < -0.4 is 25.7 Å². The second kappa shape index (κ2) is 10.5. The lowest BCUT2D eigenvalue weighted by Gasteiger charge is -2.25. The maximum Gasteiger partial charge on any atom is 0.405 e. The second-order valence-corrected chi connectivity index (χ2v) is 11.8. The summed E-state index contributed by atoms with van der Waals surface area (Å²) >= 11 is 0. The van der Waals surface area contributed by atoms with Gasteiger partial charge in [0, 0.05) is 41.2 Å². The van der Waals surface area contributed by atoms with E-state index >= 15 is 4.39 Å². The highest BCUT2D eigenvalue weighted by Crippen LogP contribution is 2.56. The molecule has 2 aromatic carbocycles. The van der Waals surface area contributed by atoms with Crippen LogP contribution in [0, 0.1) is 17.2 Å². The monoisotopic (exact) mass is 569 g/mol. The molecule has 1 aromatic heterocycles. The molecule has 0 bridgehead atoms. The molecule has 1 aliphatic heterocycles. The Morgan fingerprint density at radius 2 is 1.85 bits per heavy atom. The highest BCUT2D eigenvalue weighted by atomic mass is 19.1. The molecule has 11 heteroatoms. The van der Waals surface area contributed by atoms with Crippen LogP contribution in [0.3, 0.4) is 0 Å². The molecule has 3 aromatic rings. The molecule has 0 spiro atoms. The van der Waals surface area contributed by atoms with Gasteiger partial charge >= 0.3 is 6.09 Å². The summed E-state index contributed by atoms with van der Waals surface area (Å²) in [5.41, 5.74) is 11.6. The van der Waals surface area contributed by atoms with E-state index in [0.29, 0.717) is 47.8 Å². The van der Waals surface area contributed by atoms with E-state index in [9.17, 15) is 4.79 Å². The summed E-state index contributed by atoms with van der Waals surface area (Å²) < 4.78 is 50.2. The summed E-state index contributed by atoms with van der Waals surface area (Å²) in [6.07, 6.45) is 1.48. The number of fused-ring (bicyclic) bond motifs is 1. The third kappa shape index (κ3) is 5.82. The Hall–Kier alpha value is -3.83. The maximum absolute atomic E-state index is 15.7. The molecule has 2 atom stereocenters. The first-order valence-electron chi connectivity index (χ1n) is 13.4. The largest absolute Gasteiger partial charge is 0.493 e. The van der Waals surface area contributed by atoms with Gasteiger partial charge in [-0.2, -0.15) is 0 Å². The molecule has 0 radical (unpaired) electrons. The molecular formula is C30H36FN3O7. The van der Waals surface area contributed by atoms with Crippen molar-refractivity contribution in [2.45, 2.75) is 51.9 Å². The van der Waals surface area contributed by atoms with E-state index in [4.69, 9.17) is 39.9 Å². The SMILES string of the molecule is COc1cc2c(Oc3ccc(N)c(CC4(C)OCCO4)c3F)ccnc2cc1OCC1(OC(N)=O)CC1C(C)(C)C. The van der Waals surface area contributed by atoms with Gasteiger partial charge in [0.2, 0.25) is 0 Å². The fourth-order valence-corrected chi connectivity index (χ4v) is 5.55. The highest BCUT2D eigenvalue weighted by Gasteiger charge is 2.63. The number of halogens is 1. The van der Waals surface area contributed by atoms with Crippen LogP contribution in [-0.2, 0) is 20.6 Å². The first-order chi connectivity index (χ1) is 19.3. The Morgan fingerprint density at radius 3 is 2.49 bits per heavy atom. The van der Waals surface area contributed by atoms with Gasteiger partial charge in [-0.3, -0.25) is 4.98 Å². The number of rotatable bonds is 9. The summed E-state index contributed by atoms with van der Waals surface area (Å²) in [7, 11) is 1.51. The molecule has 1 aliphatic carbocycles. The molecule has 220 valence electrons. The molecule has 1 amide bonds. The summed E-state index contributed by atoms with van der Waals surface area (Å²) in [5, 5.41) is 0.575. The number of hydrogen-bond donors (Lipinski definition) is 2. The number of carbonyl (C=O) groups excluding carboxylic acids is 1. The van der Waals surface area contributed by atoms with Crippen LogP contribution in [0.15, 0.2) is 36.5 Å². The van der Waals surface area contributed by atoms with Gasteiger partial charge in [0.1, 0.15) is 12.4 Å². The topological polar surface area (TPSA) is 137 Å². The smallest absolute Gasteiger partial charge is 0.405 e. The van der Waals surface area contributed by atoms with E-state index in [-0.39, 0.29) is 41.4 Å². The maximum atomic E-state index is 15.7. The number of benzene rings is 2. The van der Waals surface area contributed by atoms with Crippen molar-refractivity contribution in [3.63, 3.8) is 0 Å². The molecular weight excluding hydrogens is 533 g/mol. The van der Waals surface area contributed by atoms with Crippen molar-refractivity contribution in [1.29, 1.82) is 0 Å². The van der Waals surface area contributed by atoms with Gasteiger partial charge < -0.3 is 39.9 Å². The van der Waals surface area contributed by atoms with Gasteiger partial charge in [0.05, 0.1) is 25.8 Å². The van der Waals surface area contributed by atoms with Gasteiger partial charge in [0.25, 0.3) is 0 Å². The van der Waals surface area contributed by atoms with Crippen molar-refractivity contribution in [2.24, 2.45) is 17.1 Å². The van der Waals surface area contributed by atoms with E-state index in [2.05, 4.69) is 25.8 Å². The fraction of sp³-hybridized carbons (Fsp3) is 0.467. The van der Waals surface area contributed by atoms with Gasteiger partial charge in [0.15, 0.2) is 34.5 Å². The van der Waals surface area contributed by atoms with Crippen LogP contribution in [-0.4, -0.2) is 49.4 Å². The zero-order valence-corrected chi connectivity index (χ0v) is 23.9. The first kappa shape index (κ1) is 28.7. The van der Waals surface area contributed by atoms with Gasteiger partial charge in [-0.05, 0) is 43.0 Å². The lowest BCUT2D eigenvalue weighted by Crippen LogP contribution is -2.34. The standard InChI is InChI=1S/C30H36FN3O7/c1-28(2,3)25-15-30(25,41-27(33)35)16-37-24-13-20-17(12-23(24)36-5)21(8-9-34-20)40-22-7-6-19(32)18(26(22)31)14-29(4)38-10-11-39-29/h6-9,12-13,25H,10-11,14-16,32H2,1-5H3,(H2,33,35). The number of carbonyl (C=O) groups is 1. The number of amides is 1. The van der Waals surface area contributed by atoms with Crippen LogP contribution in [0.25, 0.3) is 10.9 Å². The number of nitrogens with two attached hydrogens (primary N) is 2. The normalized spacial score (nSPS) is 21.5. The minimum atomic E-state index is -0.963. The zero-order valence-electron chi connectivity index (χ0n) is 23.9. The van der Waals surface area contributed by atoms with Crippen molar-refractivity contribution < 1.29 is 37.6 Å². The van der Waals surface area contributed by atoms with E-state index in [1.165, 1.54) is 13.2 Å². The zero-order chi connectivity index (χ0) is 29.6. The molecule has 5 rings (SSSR count). The van der Waals surface area contributed by atoms with Crippen molar-refractivity contribution >= 4 is 22.7 Å². The molecule has 1 saturated carbocycles. The number of pyridine rings is 1. The molecule has 41 heavy (non-hydrogen) atoms. The fourth-order valence-electron chi connectivity index (χ4n) is 5.55. The Kier molecular flexibility index (Phi) is 7.37. The highest BCUT2D eigenvalue weighted by molar-refractivity contribution is 5.88. The lowest BCUT2D eigenvalue weighted by atomic mass is 9.88. The second-order valence-electron chi connectivity index (χ2n) is 11.8. The number of nitrogens with zero attached hydrogens (tertiary/aromatic N) is 1. The Balaban J connectivity index is 1.42. The first-order valence-corrected chi connectivity index (χ1v) is 13.4. The summed E-state index contributed by atoms with van der Waals surface area (Å²) in [6.45, 7) is 8.95. The average molecular weight is 570 g/mol. The number of aromatic nitrogens is 1. The van der Waals surface area contributed by atoms with E-state index in [1.54, 1.807) is 37.4 Å². The van der Waals surface area contributed by atoms with Crippen LogP contribution in [0.5, 0.6) is 23.0 Å². The number of methoxy groups -OCH3 is 1. The third-order valence-electron chi connectivity index (χ3n) is 7.69. The minimum absolute atomic E-state index is 0.00455. The number of nitrogen functional groups attached to an aromatic ring is 1. The van der Waals surface area contributed by atoms with E-state index < -0.39 is 23.3 Å². The van der Waals surface area contributed by atoms with Gasteiger partial charge in [-0.15, -0.1) is 0 Å². The van der Waals surface area contributed by atoms with Crippen molar-refractivity contribution in [3.8, 4) is 23.0 Å². The van der Waals surface area contributed by atoms with Gasteiger partial charge in [-0.25, -0.2) is 9.18 Å². The number of hydrogen-bond acceptors (Lipinski definition) is 9. The number of primary amides is 1. The minimum Gasteiger partial charge on any atom is -0.493 e. The van der Waals surface area contributed by atoms with Crippen LogP contribution in [0.4, 0.5) is 14.9 Å². The van der Waals surface area contributed by atoms with Crippen molar-refractivity contribution in [3.05, 3.63) is 47.9 Å². The molecule has 2 heterocycles. The van der Waals surface area contributed by atoms with E-state index in [0.717, 1.165) is 0 Å². The van der Waals surface area contributed by atoms with Crippen LogP contribution in [0.2, 0.25) is 0 Å². The molecule has 2 aliphatic rings. The molecule has 2 unspecified atom stereocenters. The molecule has 2 fully saturated rings. The van der Waals surface area contributed by atoms with Crippen molar-refractivity contribution in [2.75, 3.05) is 32.7 Å². The van der Waals surface area contributed by atoms with Gasteiger partial charge in [-0.1, -0.05) is 20.8 Å². The Labute approximate surface area is 238 Å².